The van der Waals surface area contributed by atoms with Crippen LogP contribution in [0.25, 0.3) is 86.2 Å². The summed E-state index contributed by atoms with van der Waals surface area (Å²) in [5, 5.41) is 10.2. The Morgan fingerprint density at radius 1 is 0.635 bits per heavy atom. The standard InChI is InChI=1S/C47H32N4S/c1-2-13-31(14-3-1)45-48-46(50-47(49-45)38-19-10-18-37-36-17-8-9-20-41(36)52-44(37)38)32-21-25-33(26-22-32)51-39-27-23-29-11-4-6-15-34(29)42(39)43-35-16-7-5-12-30(35)24-28-40(43)51/h1-2,4-13,15-21,23-28,32H,3,14,22H2. The van der Waals surface area contributed by atoms with Crippen LogP contribution in [0.2, 0.25) is 0 Å². The smallest absolute Gasteiger partial charge is 0.165 e. The maximum absolute atomic E-state index is 5.25. The Kier molecular flexibility index (Phi) is 6.64. The molecule has 0 aliphatic heterocycles. The van der Waals surface area contributed by atoms with Crippen LogP contribution in [0.1, 0.15) is 36.8 Å². The van der Waals surface area contributed by atoms with E-state index in [0.717, 1.165) is 47.9 Å². The molecule has 3 aromatic heterocycles. The van der Waals surface area contributed by atoms with Crippen molar-refractivity contribution in [2.75, 3.05) is 0 Å². The summed E-state index contributed by atoms with van der Waals surface area (Å²) >= 11 is 1.82. The predicted octanol–water partition coefficient (Wildman–Crippen LogP) is 12.6. The monoisotopic (exact) mass is 684 g/mol. The van der Waals surface area contributed by atoms with Crippen molar-refractivity contribution in [1.82, 2.24) is 19.5 Å². The van der Waals surface area contributed by atoms with Crippen molar-refractivity contribution >= 4 is 86.1 Å². The molecule has 4 nitrogen and oxygen atoms in total. The molecular weight excluding hydrogens is 653 g/mol. The van der Waals surface area contributed by atoms with Gasteiger partial charge in [0.1, 0.15) is 5.82 Å². The molecule has 0 amide bonds. The number of thiophene rings is 1. The molecule has 0 saturated carbocycles. The first-order chi connectivity index (χ1) is 25.8. The lowest BCUT2D eigenvalue weighted by Gasteiger charge is -2.19. The van der Waals surface area contributed by atoms with Crippen molar-refractivity contribution < 1.29 is 0 Å². The summed E-state index contributed by atoms with van der Waals surface area (Å²) in [5.74, 6) is 2.38. The highest BCUT2D eigenvalue weighted by Gasteiger charge is 2.23. The highest BCUT2D eigenvalue weighted by Crippen LogP contribution is 2.43. The van der Waals surface area contributed by atoms with E-state index in [0.29, 0.717) is 0 Å². The Bertz CT molecular complexity index is 2970. The topological polar surface area (TPSA) is 43.6 Å². The molecule has 6 aromatic carbocycles. The normalized spacial score (nSPS) is 16.1. The molecule has 2 aliphatic carbocycles. The second kappa shape index (κ2) is 11.7. The van der Waals surface area contributed by atoms with Gasteiger partial charge in [-0.25, -0.2) is 15.0 Å². The van der Waals surface area contributed by atoms with Crippen LogP contribution in [0, 0.1) is 0 Å². The van der Waals surface area contributed by atoms with Crippen LogP contribution in [0.3, 0.4) is 0 Å². The first kappa shape index (κ1) is 29.5. The van der Waals surface area contributed by atoms with Crippen LogP contribution in [-0.2, 0) is 0 Å². The second-order valence-corrected chi connectivity index (χ2v) is 14.9. The van der Waals surface area contributed by atoms with Gasteiger partial charge >= 0.3 is 0 Å². The van der Waals surface area contributed by atoms with E-state index in [9.17, 15) is 0 Å². The van der Waals surface area contributed by atoms with Crippen LogP contribution in [-0.4, -0.2) is 19.5 Å². The molecule has 0 saturated heterocycles. The number of benzene rings is 6. The molecule has 2 aliphatic rings. The van der Waals surface area contributed by atoms with E-state index in [-0.39, 0.29) is 5.92 Å². The Labute approximate surface area is 304 Å². The predicted molar refractivity (Wildman–Crippen MR) is 220 cm³/mol. The molecule has 0 bridgehead atoms. The maximum atomic E-state index is 5.25. The third-order valence-corrected chi connectivity index (χ3v) is 12.0. The van der Waals surface area contributed by atoms with Gasteiger partial charge in [-0.15, -0.1) is 11.3 Å². The third-order valence-electron chi connectivity index (χ3n) is 10.8. The first-order valence-corrected chi connectivity index (χ1v) is 18.9. The Morgan fingerprint density at radius 2 is 1.33 bits per heavy atom. The van der Waals surface area contributed by atoms with Crippen molar-refractivity contribution in [1.29, 1.82) is 0 Å². The van der Waals surface area contributed by atoms with Gasteiger partial charge in [0.25, 0.3) is 0 Å². The minimum atomic E-state index is 0.0281. The second-order valence-electron chi connectivity index (χ2n) is 13.8. The molecule has 1 atom stereocenters. The van der Waals surface area contributed by atoms with Crippen LogP contribution in [0.4, 0.5) is 0 Å². The van der Waals surface area contributed by atoms with Gasteiger partial charge in [-0.2, -0.15) is 0 Å². The molecule has 11 rings (SSSR count). The molecule has 246 valence electrons. The molecule has 0 fully saturated rings. The molecule has 0 spiro atoms. The van der Waals surface area contributed by atoms with Crippen molar-refractivity contribution in [3.63, 3.8) is 0 Å². The van der Waals surface area contributed by atoms with E-state index in [4.69, 9.17) is 15.0 Å². The molecule has 5 heteroatoms. The quantitative estimate of drug-likeness (QED) is 0.185. The first-order valence-electron chi connectivity index (χ1n) is 18.0. The SMILES string of the molecule is C1=CCCC(c2nc(-c3cccc4c3sc3ccccc34)nc(C3C=CC(n4c5ccc6ccccc6c5c5c6ccccc6ccc54)=CC3)n2)=C1. The summed E-state index contributed by atoms with van der Waals surface area (Å²) in [6, 6.07) is 41.7. The van der Waals surface area contributed by atoms with Crippen LogP contribution < -0.4 is 0 Å². The van der Waals surface area contributed by atoms with Gasteiger partial charge in [-0.05, 0) is 76.7 Å². The van der Waals surface area contributed by atoms with Crippen molar-refractivity contribution in [3.05, 3.63) is 163 Å². The molecular formula is C47H32N4S. The van der Waals surface area contributed by atoms with Crippen LogP contribution in [0.5, 0.6) is 0 Å². The number of rotatable bonds is 4. The van der Waals surface area contributed by atoms with Crippen molar-refractivity contribution in [2.24, 2.45) is 0 Å². The lowest BCUT2D eigenvalue weighted by atomic mass is 9.97. The Balaban J connectivity index is 1.05. The van der Waals surface area contributed by atoms with Crippen molar-refractivity contribution in [3.8, 4) is 11.4 Å². The Morgan fingerprint density at radius 3 is 2.04 bits per heavy atom. The summed E-state index contributed by atoms with van der Waals surface area (Å²) in [6.45, 7) is 0. The van der Waals surface area contributed by atoms with E-state index in [1.807, 2.05) is 11.3 Å². The average Bonchev–Trinajstić information content (AvgIpc) is 3.78. The minimum absolute atomic E-state index is 0.0281. The van der Waals surface area contributed by atoms with E-state index in [2.05, 4.69) is 156 Å². The number of fused-ring (bicyclic) bond motifs is 10. The summed E-state index contributed by atoms with van der Waals surface area (Å²) in [7, 11) is 0. The van der Waals surface area contributed by atoms with Gasteiger partial charge in [0.05, 0.1) is 11.0 Å². The molecule has 52 heavy (non-hydrogen) atoms. The fraction of sp³-hybridized carbons (Fsp3) is 0.0851. The third kappa shape index (κ3) is 4.56. The van der Waals surface area contributed by atoms with E-state index >= 15 is 0 Å². The highest BCUT2D eigenvalue weighted by atomic mass is 32.1. The van der Waals surface area contributed by atoms with E-state index in [1.54, 1.807) is 0 Å². The zero-order chi connectivity index (χ0) is 34.2. The number of allylic oxidation sites excluding steroid dienone is 8. The van der Waals surface area contributed by atoms with Crippen LogP contribution in [0.15, 0.2) is 152 Å². The molecule has 0 N–H and O–H groups in total. The summed E-state index contributed by atoms with van der Waals surface area (Å²) in [6.07, 6.45) is 16.2. The zero-order valence-electron chi connectivity index (χ0n) is 28.3. The molecule has 1 unspecified atom stereocenters. The van der Waals surface area contributed by atoms with E-state index < -0.39 is 0 Å². The molecule has 3 heterocycles. The number of aromatic nitrogens is 4. The average molecular weight is 685 g/mol. The van der Waals surface area contributed by atoms with Gasteiger partial charge in [-0.3, -0.25) is 0 Å². The van der Waals surface area contributed by atoms with Gasteiger partial charge < -0.3 is 4.57 Å². The van der Waals surface area contributed by atoms with Gasteiger partial charge in [0.15, 0.2) is 11.6 Å². The summed E-state index contributed by atoms with van der Waals surface area (Å²) in [5.41, 5.74) is 5.84. The highest BCUT2D eigenvalue weighted by molar-refractivity contribution is 7.26. The Hall–Kier alpha value is -6.17. The largest absolute Gasteiger partial charge is 0.310 e. The molecule has 0 radical (unpaired) electrons. The van der Waals surface area contributed by atoms with Crippen LogP contribution >= 0.6 is 11.3 Å². The van der Waals surface area contributed by atoms with Gasteiger partial charge in [0.2, 0.25) is 0 Å². The fourth-order valence-electron chi connectivity index (χ4n) is 8.33. The van der Waals surface area contributed by atoms with Gasteiger partial charge in [0, 0.05) is 48.1 Å². The maximum Gasteiger partial charge on any atom is 0.165 e. The van der Waals surface area contributed by atoms with E-state index in [1.165, 1.54) is 69.2 Å². The lowest BCUT2D eigenvalue weighted by Crippen LogP contribution is -2.11. The summed E-state index contributed by atoms with van der Waals surface area (Å²) < 4.78 is 4.94. The van der Waals surface area contributed by atoms with Crippen molar-refractivity contribution in [2.45, 2.75) is 25.2 Å². The summed E-state index contributed by atoms with van der Waals surface area (Å²) in [4.78, 5) is 15.6. The number of hydrogen-bond acceptors (Lipinski definition) is 4. The fourth-order valence-corrected chi connectivity index (χ4v) is 9.54. The number of nitrogens with zero attached hydrogens (tertiary/aromatic N) is 4. The lowest BCUT2D eigenvalue weighted by molar-refractivity contribution is 0.753. The zero-order valence-corrected chi connectivity index (χ0v) is 29.1. The minimum Gasteiger partial charge on any atom is -0.310 e. The van der Waals surface area contributed by atoms with Gasteiger partial charge in [-0.1, -0.05) is 121 Å². The number of hydrogen-bond donors (Lipinski definition) is 0. The molecule has 9 aromatic rings.